The van der Waals surface area contributed by atoms with E-state index in [2.05, 4.69) is 5.32 Å². The molecule has 1 saturated heterocycles. The lowest BCUT2D eigenvalue weighted by Gasteiger charge is -2.16. The maximum atomic E-state index is 13.6. The molecule has 2 aromatic rings. The molecule has 1 heterocycles. The number of hydrogen-bond donors (Lipinski definition) is 1. The minimum absolute atomic E-state index is 0.153. The fourth-order valence-corrected chi connectivity index (χ4v) is 2.78. The number of nitrogens with one attached hydrogen (secondary N) is 1. The van der Waals surface area contributed by atoms with Gasteiger partial charge in [0.05, 0.1) is 0 Å². The Labute approximate surface area is 140 Å². The number of halogens is 1. The Morgan fingerprint density at radius 1 is 1.25 bits per heavy atom. The number of anilines is 1. The maximum Gasteiger partial charge on any atom is 0.255 e. The van der Waals surface area contributed by atoms with Crippen LogP contribution in [-0.4, -0.2) is 23.3 Å². The third kappa shape index (κ3) is 3.62. The molecule has 1 aliphatic heterocycles. The fourth-order valence-electron chi connectivity index (χ4n) is 2.78. The van der Waals surface area contributed by atoms with Gasteiger partial charge in [-0.3, -0.25) is 9.59 Å². The molecule has 1 fully saturated rings. The van der Waals surface area contributed by atoms with Crippen LogP contribution in [0.25, 0.3) is 0 Å². The van der Waals surface area contributed by atoms with Crippen molar-refractivity contribution >= 4 is 17.5 Å². The van der Waals surface area contributed by atoms with Crippen LogP contribution in [-0.2, 0) is 11.3 Å². The van der Waals surface area contributed by atoms with Gasteiger partial charge in [0.25, 0.3) is 5.91 Å². The number of amides is 2. The van der Waals surface area contributed by atoms with E-state index in [9.17, 15) is 14.0 Å². The summed E-state index contributed by atoms with van der Waals surface area (Å²) >= 11 is 0. The highest BCUT2D eigenvalue weighted by Gasteiger charge is 2.20. The van der Waals surface area contributed by atoms with E-state index in [1.165, 1.54) is 6.07 Å². The Morgan fingerprint density at radius 2 is 2.08 bits per heavy atom. The van der Waals surface area contributed by atoms with Crippen molar-refractivity contribution in [3.05, 3.63) is 65.0 Å². The zero-order valence-corrected chi connectivity index (χ0v) is 13.5. The van der Waals surface area contributed by atoms with E-state index in [1.54, 1.807) is 42.2 Å². The Hall–Kier alpha value is -2.69. The van der Waals surface area contributed by atoms with E-state index < -0.39 is 0 Å². The van der Waals surface area contributed by atoms with Gasteiger partial charge in [0.15, 0.2) is 0 Å². The quantitative estimate of drug-likeness (QED) is 0.935. The molecule has 0 atom stereocenters. The highest BCUT2D eigenvalue weighted by Crippen LogP contribution is 2.17. The van der Waals surface area contributed by atoms with Crippen molar-refractivity contribution in [2.24, 2.45) is 0 Å². The summed E-state index contributed by atoms with van der Waals surface area (Å²) in [7, 11) is 0. The number of hydrogen-bond acceptors (Lipinski definition) is 2. The molecule has 0 bridgehead atoms. The molecule has 0 aromatic heterocycles. The first-order valence-corrected chi connectivity index (χ1v) is 7.97. The van der Waals surface area contributed by atoms with Crippen molar-refractivity contribution in [3.63, 3.8) is 0 Å². The van der Waals surface area contributed by atoms with E-state index in [0.29, 0.717) is 29.8 Å². The minimum Gasteiger partial charge on any atom is -0.338 e. The van der Waals surface area contributed by atoms with Gasteiger partial charge in [-0.05, 0) is 48.7 Å². The second-order valence-corrected chi connectivity index (χ2v) is 6.04. The lowest BCUT2D eigenvalue weighted by Crippen LogP contribution is -2.24. The molecule has 24 heavy (non-hydrogen) atoms. The lowest BCUT2D eigenvalue weighted by molar-refractivity contribution is -0.128. The van der Waals surface area contributed by atoms with Crippen LogP contribution in [0.1, 0.15) is 34.3 Å². The summed E-state index contributed by atoms with van der Waals surface area (Å²) in [6, 6.07) is 11.8. The van der Waals surface area contributed by atoms with E-state index >= 15 is 0 Å². The Bertz CT molecular complexity index is 789. The zero-order chi connectivity index (χ0) is 17.1. The van der Waals surface area contributed by atoms with Gasteiger partial charge >= 0.3 is 0 Å². The first kappa shape index (κ1) is 16.2. The van der Waals surface area contributed by atoms with Gasteiger partial charge in [-0.1, -0.05) is 18.2 Å². The topological polar surface area (TPSA) is 49.4 Å². The SMILES string of the molecule is Cc1ccc(NC(=O)c2cccc(CN3CCCC3=O)c2)cc1F. The minimum atomic E-state index is -0.353. The largest absolute Gasteiger partial charge is 0.338 e. The Morgan fingerprint density at radius 3 is 2.79 bits per heavy atom. The van der Waals surface area contributed by atoms with Gasteiger partial charge in [-0.25, -0.2) is 4.39 Å². The number of nitrogens with zero attached hydrogens (tertiary/aromatic N) is 1. The first-order chi connectivity index (χ1) is 11.5. The summed E-state index contributed by atoms with van der Waals surface area (Å²) in [5.74, 6) is -0.498. The number of carbonyl (C=O) groups is 2. The normalized spacial score (nSPS) is 14.1. The zero-order valence-electron chi connectivity index (χ0n) is 13.5. The van der Waals surface area contributed by atoms with Crippen molar-refractivity contribution in [1.82, 2.24) is 4.90 Å². The highest BCUT2D eigenvalue weighted by molar-refractivity contribution is 6.04. The number of aryl methyl sites for hydroxylation is 1. The molecule has 0 unspecified atom stereocenters. The third-order valence-electron chi connectivity index (χ3n) is 4.16. The molecule has 0 saturated carbocycles. The molecule has 3 rings (SSSR count). The molecule has 2 aromatic carbocycles. The average molecular weight is 326 g/mol. The summed E-state index contributed by atoms with van der Waals surface area (Å²) in [4.78, 5) is 25.9. The summed E-state index contributed by atoms with van der Waals surface area (Å²) < 4.78 is 13.6. The molecule has 0 spiro atoms. The van der Waals surface area contributed by atoms with Crippen molar-refractivity contribution in [2.45, 2.75) is 26.3 Å². The number of carbonyl (C=O) groups excluding carboxylic acids is 2. The van der Waals surface area contributed by atoms with Crippen molar-refractivity contribution in [3.8, 4) is 0 Å². The predicted molar refractivity (Wildman–Crippen MR) is 90.2 cm³/mol. The maximum absolute atomic E-state index is 13.6. The summed E-state index contributed by atoms with van der Waals surface area (Å²) in [5.41, 5.74) is 2.35. The van der Waals surface area contributed by atoms with E-state index in [0.717, 1.165) is 18.5 Å². The van der Waals surface area contributed by atoms with E-state index in [4.69, 9.17) is 0 Å². The van der Waals surface area contributed by atoms with E-state index in [-0.39, 0.29) is 17.6 Å². The predicted octanol–water partition coefficient (Wildman–Crippen LogP) is 3.51. The van der Waals surface area contributed by atoms with Crippen LogP contribution in [0.15, 0.2) is 42.5 Å². The molecule has 1 N–H and O–H groups in total. The fraction of sp³-hybridized carbons (Fsp3) is 0.263. The third-order valence-corrected chi connectivity index (χ3v) is 4.16. The second-order valence-electron chi connectivity index (χ2n) is 6.04. The summed E-state index contributed by atoms with van der Waals surface area (Å²) in [5, 5.41) is 2.70. The van der Waals surface area contributed by atoms with Crippen molar-refractivity contribution < 1.29 is 14.0 Å². The molecule has 0 aliphatic carbocycles. The molecular formula is C19H19FN2O2. The van der Waals surface area contributed by atoms with Gasteiger partial charge in [0, 0.05) is 30.8 Å². The van der Waals surface area contributed by atoms with Gasteiger partial charge < -0.3 is 10.2 Å². The molecular weight excluding hydrogens is 307 g/mol. The van der Waals surface area contributed by atoms with Gasteiger partial charge in [0.2, 0.25) is 5.91 Å². The molecule has 4 nitrogen and oxygen atoms in total. The van der Waals surface area contributed by atoms with Gasteiger partial charge in [0.1, 0.15) is 5.82 Å². The number of likely N-dealkylation sites (tertiary alicyclic amines) is 1. The van der Waals surface area contributed by atoms with Crippen LogP contribution in [0.5, 0.6) is 0 Å². The Balaban J connectivity index is 1.71. The molecule has 1 aliphatic rings. The van der Waals surface area contributed by atoms with Crippen LogP contribution in [0.2, 0.25) is 0 Å². The monoisotopic (exact) mass is 326 g/mol. The van der Waals surface area contributed by atoms with Gasteiger partial charge in [-0.2, -0.15) is 0 Å². The number of rotatable bonds is 4. The van der Waals surface area contributed by atoms with Crippen LogP contribution in [0.3, 0.4) is 0 Å². The van der Waals surface area contributed by atoms with Crippen LogP contribution in [0.4, 0.5) is 10.1 Å². The average Bonchev–Trinajstić information content (AvgIpc) is 2.96. The molecule has 2 amide bonds. The van der Waals surface area contributed by atoms with E-state index in [1.807, 2.05) is 6.07 Å². The summed E-state index contributed by atoms with van der Waals surface area (Å²) in [6.45, 7) is 2.95. The molecule has 124 valence electrons. The number of benzene rings is 2. The summed E-state index contributed by atoms with van der Waals surface area (Å²) in [6.07, 6.45) is 1.48. The molecule has 0 radical (unpaired) electrons. The smallest absolute Gasteiger partial charge is 0.255 e. The lowest BCUT2D eigenvalue weighted by atomic mass is 10.1. The van der Waals surface area contributed by atoms with Crippen LogP contribution < -0.4 is 5.32 Å². The highest BCUT2D eigenvalue weighted by atomic mass is 19.1. The van der Waals surface area contributed by atoms with Crippen molar-refractivity contribution in [1.29, 1.82) is 0 Å². The standard InChI is InChI=1S/C19H19FN2O2/c1-13-7-8-16(11-17(13)20)21-19(24)15-5-2-4-14(10-15)12-22-9-3-6-18(22)23/h2,4-5,7-8,10-11H,3,6,9,12H2,1H3,(H,21,24). The van der Waals surface area contributed by atoms with Gasteiger partial charge in [-0.15, -0.1) is 0 Å². The first-order valence-electron chi connectivity index (χ1n) is 7.97. The van der Waals surface area contributed by atoms with Crippen LogP contribution in [0, 0.1) is 12.7 Å². The second kappa shape index (κ2) is 6.83. The molecule has 5 heteroatoms. The Kier molecular flexibility index (Phi) is 4.60. The van der Waals surface area contributed by atoms with Crippen molar-refractivity contribution in [2.75, 3.05) is 11.9 Å². The van der Waals surface area contributed by atoms with Crippen LogP contribution >= 0.6 is 0 Å².